The maximum atomic E-state index is 10.3. The average molecular weight is 179 g/mol. The Balaban J connectivity index is 4.00. The normalized spacial score (nSPS) is 13.3. The predicted octanol–water partition coefficient (Wildman–Crippen LogP) is 2.33. The maximum absolute atomic E-state index is 10.3. The van der Waals surface area contributed by atoms with Crippen molar-refractivity contribution in [3.05, 3.63) is 0 Å². The van der Waals surface area contributed by atoms with Crippen LogP contribution in [0.3, 0.4) is 0 Å². The lowest BCUT2D eigenvalue weighted by Crippen LogP contribution is -2.23. The molecule has 0 aromatic heterocycles. The molecule has 0 saturated carbocycles. The molecule has 11 heavy (non-hydrogen) atoms. The van der Waals surface area contributed by atoms with Crippen molar-refractivity contribution < 1.29 is 14.0 Å². The minimum absolute atomic E-state index is 0.122. The van der Waals surface area contributed by atoms with Gasteiger partial charge >= 0.3 is 8.25 Å². The van der Waals surface area contributed by atoms with Crippen LogP contribution in [0.2, 0.25) is 0 Å². The van der Waals surface area contributed by atoms with Gasteiger partial charge in [-0.15, -0.1) is 9.42 Å². The first kappa shape index (κ1) is 11.0. The van der Waals surface area contributed by atoms with Crippen molar-refractivity contribution in [1.29, 1.82) is 0 Å². The van der Waals surface area contributed by atoms with E-state index in [0.717, 1.165) is 0 Å². The van der Waals surface area contributed by atoms with Gasteiger partial charge in [0.05, 0.1) is 0 Å². The van der Waals surface area contributed by atoms with Gasteiger partial charge in [0.2, 0.25) is 0 Å². The van der Waals surface area contributed by atoms with Crippen molar-refractivity contribution in [3.63, 3.8) is 0 Å². The van der Waals surface area contributed by atoms with Crippen LogP contribution in [0, 0.1) is 11.8 Å². The lowest BCUT2D eigenvalue weighted by atomic mass is 9.97. The second-order valence-corrected chi connectivity index (χ2v) is 3.98. The number of hydrogen-bond acceptors (Lipinski definition) is 2. The van der Waals surface area contributed by atoms with Crippen molar-refractivity contribution in [2.45, 2.75) is 33.8 Å². The van der Waals surface area contributed by atoms with Gasteiger partial charge in [-0.3, -0.25) is 0 Å². The molecule has 0 bridgehead atoms. The van der Waals surface area contributed by atoms with Gasteiger partial charge in [0, 0.05) is 4.57 Å². The van der Waals surface area contributed by atoms with Gasteiger partial charge in [-0.2, -0.15) is 0 Å². The molecule has 0 rings (SSSR count). The highest BCUT2D eigenvalue weighted by Crippen LogP contribution is 2.26. The van der Waals surface area contributed by atoms with Crippen LogP contribution >= 0.6 is 8.25 Å². The molecule has 4 heteroatoms. The number of rotatable bonds is 4. The highest BCUT2D eigenvalue weighted by Gasteiger charge is 2.28. The molecule has 0 aromatic carbocycles. The van der Waals surface area contributed by atoms with Crippen molar-refractivity contribution in [1.82, 2.24) is 0 Å². The largest absolute Gasteiger partial charge is 0.695 e. The molecule has 0 aliphatic rings. The summed E-state index contributed by atoms with van der Waals surface area (Å²) in [6, 6.07) is 0. The van der Waals surface area contributed by atoms with Gasteiger partial charge < -0.3 is 0 Å². The second-order valence-electron chi connectivity index (χ2n) is 3.30. The highest BCUT2D eigenvalue weighted by atomic mass is 31.1. The Bertz CT molecular complexity index is 126. The summed E-state index contributed by atoms with van der Waals surface area (Å²) in [7, 11) is -2.45. The molecule has 1 N–H and O–H groups in total. The SMILES string of the molecule is CC(C)C(O[P+](=O)O)C(C)C. The summed E-state index contributed by atoms with van der Waals surface area (Å²) in [4.78, 5) is 8.51. The Morgan fingerprint density at radius 3 is 1.64 bits per heavy atom. The maximum Gasteiger partial charge on any atom is 0.695 e. The Kier molecular flexibility index (Phi) is 4.82. The molecular weight excluding hydrogens is 163 g/mol. The molecule has 66 valence electrons. The highest BCUT2D eigenvalue weighted by molar-refractivity contribution is 7.32. The average Bonchev–Trinajstić information content (AvgIpc) is 1.81. The molecule has 1 unspecified atom stereocenters. The first-order valence-electron chi connectivity index (χ1n) is 3.78. The van der Waals surface area contributed by atoms with E-state index in [1.165, 1.54) is 0 Å². The zero-order chi connectivity index (χ0) is 9.02. The van der Waals surface area contributed by atoms with Crippen LogP contribution < -0.4 is 0 Å². The van der Waals surface area contributed by atoms with Crippen LogP contribution in [0.1, 0.15) is 27.7 Å². The van der Waals surface area contributed by atoms with Gasteiger partial charge in [-0.1, -0.05) is 27.7 Å². The summed E-state index contributed by atoms with van der Waals surface area (Å²) in [5.74, 6) is 0.558. The van der Waals surface area contributed by atoms with Gasteiger partial charge in [0.15, 0.2) is 0 Å². The number of hydrogen-bond donors (Lipinski definition) is 1. The summed E-state index contributed by atoms with van der Waals surface area (Å²) in [6.07, 6.45) is -0.122. The minimum atomic E-state index is -2.45. The summed E-state index contributed by atoms with van der Waals surface area (Å²) in [5, 5.41) is 0. The van der Waals surface area contributed by atoms with Crippen molar-refractivity contribution in [3.8, 4) is 0 Å². The van der Waals surface area contributed by atoms with Gasteiger partial charge in [-0.05, 0) is 11.8 Å². The fraction of sp³-hybridized carbons (Fsp3) is 1.00. The topological polar surface area (TPSA) is 46.5 Å². The van der Waals surface area contributed by atoms with Gasteiger partial charge in [0.25, 0.3) is 0 Å². The zero-order valence-electron chi connectivity index (χ0n) is 7.44. The molecule has 0 aliphatic carbocycles. The molecular formula is C7H16O3P+. The van der Waals surface area contributed by atoms with Crippen molar-refractivity contribution in [2.24, 2.45) is 11.8 Å². The van der Waals surface area contributed by atoms with Crippen LogP contribution in [-0.2, 0) is 9.09 Å². The molecule has 0 saturated heterocycles. The summed E-state index contributed by atoms with van der Waals surface area (Å²) >= 11 is 0. The van der Waals surface area contributed by atoms with Crippen LogP contribution in [0.15, 0.2) is 0 Å². The minimum Gasteiger partial charge on any atom is -0.133 e. The Labute approximate surface area is 68.7 Å². The molecule has 0 heterocycles. The fourth-order valence-corrected chi connectivity index (χ4v) is 1.81. The van der Waals surface area contributed by atoms with E-state index in [2.05, 4.69) is 0 Å². The van der Waals surface area contributed by atoms with Crippen molar-refractivity contribution >= 4 is 8.25 Å². The molecule has 3 nitrogen and oxygen atoms in total. The summed E-state index contributed by atoms with van der Waals surface area (Å²) in [5.41, 5.74) is 0. The molecule has 0 fully saturated rings. The monoisotopic (exact) mass is 179 g/mol. The first-order chi connectivity index (χ1) is 4.95. The van der Waals surface area contributed by atoms with E-state index in [4.69, 9.17) is 9.42 Å². The van der Waals surface area contributed by atoms with E-state index in [1.54, 1.807) is 0 Å². The molecule has 0 amide bonds. The van der Waals surface area contributed by atoms with Gasteiger partial charge in [0.1, 0.15) is 6.10 Å². The van der Waals surface area contributed by atoms with Crippen LogP contribution in [0.5, 0.6) is 0 Å². The smallest absolute Gasteiger partial charge is 0.133 e. The van der Waals surface area contributed by atoms with Crippen LogP contribution in [-0.4, -0.2) is 11.0 Å². The van der Waals surface area contributed by atoms with E-state index in [0.29, 0.717) is 0 Å². The molecule has 0 spiro atoms. The third-order valence-electron chi connectivity index (χ3n) is 1.53. The third-order valence-corrected chi connectivity index (χ3v) is 1.95. The quantitative estimate of drug-likeness (QED) is 0.673. The second kappa shape index (κ2) is 4.81. The molecule has 0 aromatic rings. The standard InChI is InChI=1S/C7H15O3P/c1-5(2)7(6(3)4)10-11(8)9/h5-7H,1-4H3/p+1. The van der Waals surface area contributed by atoms with Crippen LogP contribution in [0.25, 0.3) is 0 Å². The van der Waals surface area contributed by atoms with Crippen molar-refractivity contribution in [2.75, 3.05) is 0 Å². The van der Waals surface area contributed by atoms with Gasteiger partial charge in [-0.25, -0.2) is 0 Å². The molecule has 1 atom stereocenters. The third kappa shape index (κ3) is 4.46. The van der Waals surface area contributed by atoms with E-state index in [1.807, 2.05) is 27.7 Å². The summed E-state index contributed by atoms with van der Waals surface area (Å²) in [6.45, 7) is 7.90. The van der Waals surface area contributed by atoms with E-state index in [9.17, 15) is 4.57 Å². The zero-order valence-corrected chi connectivity index (χ0v) is 8.34. The Hall–Kier alpha value is 0.0200. The molecule has 0 radical (unpaired) electrons. The van der Waals surface area contributed by atoms with E-state index < -0.39 is 8.25 Å². The van der Waals surface area contributed by atoms with E-state index >= 15 is 0 Å². The lowest BCUT2D eigenvalue weighted by Gasteiger charge is -2.17. The fourth-order valence-electron chi connectivity index (χ4n) is 1.12. The summed E-state index contributed by atoms with van der Waals surface area (Å²) < 4.78 is 15.2. The first-order valence-corrected chi connectivity index (χ1v) is 4.91. The van der Waals surface area contributed by atoms with E-state index in [-0.39, 0.29) is 17.9 Å². The predicted molar refractivity (Wildman–Crippen MR) is 44.4 cm³/mol. The molecule has 0 aliphatic heterocycles. The Morgan fingerprint density at radius 1 is 1.18 bits per heavy atom. The lowest BCUT2D eigenvalue weighted by molar-refractivity contribution is 0.0998. The Morgan fingerprint density at radius 2 is 1.55 bits per heavy atom. The van der Waals surface area contributed by atoms with Crippen LogP contribution in [0.4, 0.5) is 0 Å².